The van der Waals surface area contributed by atoms with Crippen molar-refractivity contribution in [1.29, 1.82) is 0 Å². The molecule has 0 aliphatic carbocycles. The molecule has 0 aliphatic rings. The zero-order valence-electron chi connectivity index (χ0n) is 13.5. The lowest BCUT2D eigenvalue weighted by Crippen LogP contribution is -2.30. The van der Waals surface area contributed by atoms with Gasteiger partial charge in [0.2, 0.25) is 5.75 Å². The fourth-order valence-corrected chi connectivity index (χ4v) is 1.86. The van der Waals surface area contributed by atoms with E-state index >= 15 is 0 Å². The quantitative estimate of drug-likeness (QED) is 0.352. The standard InChI is InChI=1S/C14H17N3O8/c1-3-25-14-10(17(22)23)4-9(5-11(14)24-2)6-15-16(7-12(18)19)8-13(20)21/h4-6H,3,7-8H2,1-2H3,(H,18,19)(H,20,21)/b15-6-. The summed E-state index contributed by atoms with van der Waals surface area (Å²) in [4.78, 5) is 32.0. The fourth-order valence-electron chi connectivity index (χ4n) is 1.86. The monoisotopic (exact) mass is 355 g/mol. The molecule has 25 heavy (non-hydrogen) atoms. The molecule has 0 aromatic heterocycles. The largest absolute Gasteiger partial charge is 0.493 e. The fraction of sp³-hybridized carbons (Fsp3) is 0.357. The van der Waals surface area contributed by atoms with E-state index in [1.54, 1.807) is 6.92 Å². The number of hydrogen-bond acceptors (Lipinski definition) is 8. The van der Waals surface area contributed by atoms with Gasteiger partial charge in [-0.3, -0.25) is 24.7 Å². The third-order valence-corrected chi connectivity index (χ3v) is 2.77. The SMILES string of the molecule is CCOc1c(OC)cc(/C=N\N(CC(=O)O)CC(=O)O)cc1[N+](=O)[O-]. The minimum absolute atomic E-state index is 0.0416. The first-order chi connectivity index (χ1) is 11.8. The van der Waals surface area contributed by atoms with Crippen molar-refractivity contribution in [1.82, 2.24) is 5.01 Å². The van der Waals surface area contributed by atoms with Gasteiger partial charge in [0.25, 0.3) is 0 Å². The smallest absolute Gasteiger partial charge is 0.324 e. The molecule has 1 aromatic rings. The first-order valence-corrected chi connectivity index (χ1v) is 7.00. The number of aliphatic carboxylic acids is 2. The van der Waals surface area contributed by atoms with Gasteiger partial charge in [0.05, 0.1) is 24.9 Å². The molecule has 0 saturated heterocycles. The van der Waals surface area contributed by atoms with Crippen molar-refractivity contribution in [2.24, 2.45) is 5.10 Å². The topological polar surface area (TPSA) is 152 Å². The van der Waals surface area contributed by atoms with Gasteiger partial charge in [-0.1, -0.05) is 0 Å². The third kappa shape index (κ3) is 5.97. The molecule has 1 aromatic carbocycles. The number of nitro groups is 1. The first kappa shape index (κ1) is 19.7. The average molecular weight is 355 g/mol. The van der Waals surface area contributed by atoms with Crippen molar-refractivity contribution in [3.8, 4) is 11.5 Å². The molecule has 0 bridgehead atoms. The summed E-state index contributed by atoms with van der Waals surface area (Å²) >= 11 is 0. The second-order valence-corrected chi connectivity index (χ2v) is 4.62. The van der Waals surface area contributed by atoms with Gasteiger partial charge in [0.15, 0.2) is 5.75 Å². The molecule has 0 aliphatic heterocycles. The van der Waals surface area contributed by atoms with Gasteiger partial charge in [-0.15, -0.1) is 0 Å². The van der Waals surface area contributed by atoms with Gasteiger partial charge >= 0.3 is 17.6 Å². The second kappa shape index (κ2) is 9.05. The number of hydrogen-bond donors (Lipinski definition) is 2. The summed E-state index contributed by atoms with van der Waals surface area (Å²) in [5.74, 6) is -2.48. The highest BCUT2D eigenvalue weighted by molar-refractivity contribution is 5.83. The van der Waals surface area contributed by atoms with Crippen LogP contribution in [0.15, 0.2) is 17.2 Å². The van der Waals surface area contributed by atoms with E-state index in [2.05, 4.69) is 5.10 Å². The Bertz CT molecular complexity index is 673. The zero-order valence-corrected chi connectivity index (χ0v) is 13.5. The minimum atomic E-state index is -1.27. The molecule has 0 unspecified atom stereocenters. The molecule has 2 N–H and O–H groups in total. The van der Waals surface area contributed by atoms with Crippen LogP contribution in [-0.2, 0) is 9.59 Å². The van der Waals surface area contributed by atoms with E-state index in [4.69, 9.17) is 19.7 Å². The van der Waals surface area contributed by atoms with Crippen LogP contribution in [0.25, 0.3) is 0 Å². The van der Waals surface area contributed by atoms with Crippen molar-refractivity contribution in [2.75, 3.05) is 26.8 Å². The Labute approximate surface area is 142 Å². The lowest BCUT2D eigenvalue weighted by atomic mass is 10.2. The highest BCUT2D eigenvalue weighted by Crippen LogP contribution is 2.37. The van der Waals surface area contributed by atoms with Crippen LogP contribution in [0.3, 0.4) is 0 Å². The summed E-state index contributed by atoms with van der Waals surface area (Å²) in [6.07, 6.45) is 1.11. The average Bonchev–Trinajstić information content (AvgIpc) is 2.52. The Balaban J connectivity index is 3.22. The molecular weight excluding hydrogens is 338 g/mol. The van der Waals surface area contributed by atoms with Gasteiger partial charge in [0.1, 0.15) is 13.1 Å². The minimum Gasteiger partial charge on any atom is -0.493 e. The van der Waals surface area contributed by atoms with Crippen molar-refractivity contribution in [2.45, 2.75) is 6.92 Å². The molecule has 0 radical (unpaired) electrons. The van der Waals surface area contributed by atoms with Gasteiger partial charge in [-0.25, -0.2) is 0 Å². The summed E-state index contributed by atoms with van der Waals surface area (Å²) in [5, 5.41) is 33.3. The molecule has 136 valence electrons. The van der Waals surface area contributed by atoms with Gasteiger partial charge in [-0.05, 0) is 13.0 Å². The predicted octanol–water partition coefficient (Wildman–Crippen LogP) is 0.807. The van der Waals surface area contributed by atoms with Crippen LogP contribution in [-0.4, -0.2) is 65.1 Å². The van der Waals surface area contributed by atoms with Gasteiger partial charge < -0.3 is 19.7 Å². The van der Waals surface area contributed by atoms with Crippen LogP contribution in [0.2, 0.25) is 0 Å². The number of hydrazone groups is 1. The van der Waals surface area contributed by atoms with Crippen LogP contribution in [0, 0.1) is 10.1 Å². The summed E-state index contributed by atoms with van der Waals surface area (Å²) < 4.78 is 10.3. The maximum Gasteiger partial charge on any atom is 0.324 e. The maximum atomic E-state index is 11.2. The summed E-state index contributed by atoms with van der Waals surface area (Å²) in [5.41, 5.74) is -0.140. The molecule has 0 saturated carbocycles. The molecule has 0 amide bonds. The van der Waals surface area contributed by atoms with E-state index in [-0.39, 0.29) is 29.4 Å². The van der Waals surface area contributed by atoms with Crippen molar-refractivity contribution < 1.29 is 34.2 Å². The summed E-state index contributed by atoms with van der Waals surface area (Å²) in [6, 6.07) is 2.57. The summed E-state index contributed by atoms with van der Waals surface area (Å²) in [7, 11) is 1.31. The van der Waals surface area contributed by atoms with Crippen molar-refractivity contribution in [3.63, 3.8) is 0 Å². The Morgan fingerprint density at radius 1 is 1.32 bits per heavy atom. The molecule has 0 spiro atoms. The number of carbonyl (C=O) groups is 2. The Hall–Kier alpha value is -3.37. The number of ether oxygens (including phenoxy) is 2. The van der Waals surface area contributed by atoms with E-state index in [0.717, 1.165) is 17.3 Å². The molecule has 0 atom stereocenters. The third-order valence-electron chi connectivity index (χ3n) is 2.77. The second-order valence-electron chi connectivity index (χ2n) is 4.62. The summed E-state index contributed by atoms with van der Waals surface area (Å²) in [6.45, 7) is 0.571. The molecule has 11 nitrogen and oxygen atoms in total. The number of carboxylic acids is 2. The van der Waals surface area contributed by atoms with Crippen molar-refractivity contribution in [3.05, 3.63) is 27.8 Å². The van der Waals surface area contributed by atoms with Crippen LogP contribution in [0.4, 0.5) is 5.69 Å². The molecular formula is C14H17N3O8. The van der Waals surface area contributed by atoms with E-state index in [0.29, 0.717) is 0 Å². The Morgan fingerprint density at radius 3 is 2.36 bits per heavy atom. The zero-order chi connectivity index (χ0) is 19.0. The van der Waals surface area contributed by atoms with Crippen LogP contribution in [0.5, 0.6) is 11.5 Å². The molecule has 1 rings (SSSR count). The van der Waals surface area contributed by atoms with Crippen LogP contribution in [0.1, 0.15) is 12.5 Å². The molecule has 0 fully saturated rings. The lowest BCUT2D eigenvalue weighted by Gasteiger charge is -2.14. The van der Waals surface area contributed by atoms with E-state index in [9.17, 15) is 19.7 Å². The lowest BCUT2D eigenvalue weighted by molar-refractivity contribution is -0.385. The highest BCUT2D eigenvalue weighted by Gasteiger charge is 2.22. The normalized spacial score (nSPS) is 10.5. The van der Waals surface area contributed by atoms with Gasteiger partial charge in [0, 0.05) is 11.6 Å². The molecule has 0 heterocycles. The van der Waals surface area contributed by atoms with Gasteiger partial charge in [-0.2, -0.15) is 5.10 Å². The Kier molecular flexibility index (Phi) is 7.13. The number of nitrogens with zero attached hydrogens (tertiary/aromatic N) is 3. The molecule has 11 heteroatoms. The number of rotatable bonds is 10. The van der Waals surface area contributed by atoms with Crippen LogP contribution >= 0.6 is 0 Å². The van der Waals surface area contributed by atoms with E-state index < -0.39 is 30.0 Å². The van der Waals surface area contributed by atoms with E-state index in [1.165, 1.54) is 13.2 Å². The van der Waals surface area contributed by atoms with E-state index in [1.807, 2.05) is 0 Å². The van der Waals surface area contributed by atoms with Crippen molar-refractivity contribution >= 4 is 23.8 Å². The number of carboxylic acid groups (broad SMARTS) is 2. The predicted molar refractivity (Wildman–Crippen MR) is 85.3 cm³/mol. The van der Waals surface area contributed by atoms with Crippen LogP contribution < -0.4 is 9.47 Å². The number of nitro benzene ring substituents is 1. The maximum absolute atomic E-state index is 11.2. The number of benzene rings is 1. The highest BCUT2D eigenvalue weighted by atomic mass is 16.6. The Morgan fingerprint density at radius 2 is 1.92 bits per heavy atom. The number of methoxy groups -OCH3 is 1. The first-order valence-electron chi connectivity index (χ1n) is 7.00.